The fourth-order valence-corrected chi connectivity index (χ4v) is 3.26. The fourth-order valence-electron chi connectivity index (χ4n) is 2.28. The summed E-state index contributed by atoms with van der Waals surface area (Å²) < 4.78 is 5.59. The second-order valence-corrected chi connectivity index (χ2v) is 7.63. The summed E-state index contributed by atoms with van der Waals surface area (Å²) in [6, 6.07) is 13.2. The lowest BCUT2D eigenvalue weighted by Crippen LogP contribution is -2.20. The van der Waals surface area contributed by atoms with Crippen LogP contribution in [-0.2, 0) is 11.2 Å². The van der Waals surface area contributed by atoms with Gasteiger partial charge in [-0.05, 0) is 73.2 Å². The van der Waals surface area contributed by atoms with E-state index >= 15 is 0 Å². The van der Waals surface area contributed by atoms with Crippen molar-refractivity contribution in [1.29, 1.82) is 0 Å². The maximum absolute atomic E-state index is 12.1. The third-order valence-corrected chi connectivity index (χ3v) is 4.56. The molecule has 138 valence electrons. The van der Waals surface area contributed by atoms with Crippen LogP contribution in [0.3, 0.4) is 0 Å². The van der Waals surface area contributed by atoms with Crippen LogP contribution >= 0.6 is 23.4 Å². The first kappa shape index (κ1) is 20.3. The lowest BCUT2D eigenvalue weighted by atomic mass is 10.1. The largest absolute Gasteiger partial charge is 0.491 e. The molecule has 0 bridgehead atoms. The lowest BCUT2D eigenvalue weighted by Gasteiger charge is -2.09. The molecule has 0 heterocycles. The Morgan fingerprint density at radius 1 is 1.27 bits per heavy atom. The fraction of sp³-hybridized carbons (Fsp3) is 0.300. The molecular formula is C20H23ClN2O2S. The Balaban J connectivity index is 1.92. The number of ether oxygens (including phenoxy) is 1. The zero-order chi connectivity index (χ0) is 18.9. The van der Waals surface area contributed by atoms with E-state index in [1.807, 2.05) is 56.3 Å². The number of benzene rings is 2. The topological polar surface area (TPSA) is 50.7 Å². The van der Waals surface area contributed by atoms with E-state index in [0.29, 0.717) is 5.02 Å². The molecule has 0 spiro atoms. The summed E-state index contributed by atoms with van der Waals surface area (Å²) in [6.45, 7) is 6.04. The second-order valence-electron chi connectivity index (χ2n) is 5.89. The van der Waals surface area contributed by atoms with Crippen LogP contribution in [0.5, 0.6) is 5.75 Å². The summed E-state index contributed by atoms with van der Waals surface area (Å²) in [5.74, 6) is 1.56. The minimum atomic E-state index is -0.179. The molecule has 0 unspecified atom stereocenters. The third-order valence-electron chi connectivity index (χ3n) is 3.33. The zero-order valence-electron chi connectivity index (χ0n) is 15.2. The smallest absolute Gasteiger partial charge is 0.244 e. The molecule has 0 radical (unpaired) electrons. The first-order valence-corrected chi connectivity index (χ1v) is 9.84. The SMILES string of the molecule is CCSc1ccc(Cl)cc1CC(=O)N/N=C\c1ccc(OC(C)C)cc1. The summed E-state index contributed by atoms with van der Waals surface area (Å²) in [6.07, 6.45) is 1.98. The molecular weight excluding hydrogens is 368 g/mol. The maximum Gasteiger partial charge on any atom is 0.244 e. The van der Waals surface area contributed by atoms with E-state index < -0.39 is 0 Å². The van der Waals surface area contributed by atoms with E-state index in [1.165, 1.54) is 0 Å². The van der Waals surface area contributed by atoms with Gasteiger partial charge in [0.2, 0.25) is 5.91 Å². The van der Waals surface area contributed by atoms with E-state index in [0.717, 1.165) is 27.5 Å². The van der Waals surface area contributed by atoms with Gasteiger partial charge in [0.15, 0.2) is 0 Å². The van der Waals surface area contributed by atoms with Crippen LogP contribution in [0.2, 0.25) is 5.02 Å². The lowest BCUT2D eigenvalue weighted by molar-refractivity contribution is -0.120. The molecule has 2 aromatic carbocycles. The normalized spacial score (nSPS) is 11.1. The number of thioether (sulfide) groups is 1. The molecule has 0 saturated heterocycles. The second kappa shape index (κ2) is 10.2. The average molecular weight is 391 g/mol. The number of carbonyl (C=O) groups is 1. The molecule has 0 atom stereocenters. The van der Waals surface area contributed by atoms with Crippen molar-refractivity contribution in [1.82, 2.24) is 5.43 Å². The van der Waals surface area contributed by atoms with Crippen molar-refractivity contribution in [3.8, 4) is 5.75 Å². The molecule has 0 aromatic heterocycles. The Bertz CT molecular complexity index is 761. The number of nitrogens with one attached hydrogen (secondary N) is 1. The van der Waals surface area contributed by atoms with Crippen LogP contribution in [0.25, 0.3) is 0 Å². The van der Waals surface area contributed by atoms with Crippen molar-refractivity contribution in [2.45, 2.75) is 38.2 Å². The number of nitrogens with zero attached hydrogens (tertiary/aromatic N) is 1. The van der Waals surface area contributed by atoms with Gasteiger partial charge in [0.05, 0.1) is 18.7 Å². The van der Waals surface area contributed by atoms with Gasteiger partial charge >= 0.3 is 0 Å². The molecule has 2 aromatic rings. The van der Waals surface area contributed by atoms with Gasteiger partial charge in [0, 0.05) is 9.92 Å². The van der Waals surface area contributed by atoms with Gasteiger partial charge in [-0.15, -0.1) is 11.8 Å². The molecule has 0 aliphatic heterocycles. The molecule has 26 heavy (non-hydrogen) atoms. The molecule has 0 saturated carbocycles. The molecule has 0 aliphatic carbocycles. The number of hydrogen-bond donors (Lipinski definition) is 1. The summed E-state index contributed by atoms with van der Waals surface area (Å²) >= 11 is 7.74. The van der Waals surface area contributed by atoms with Crippen LogP contribution in [0.1, 0.15) is 31.9 Å². The molecule has 1 amide bonds. The van der Waals surface area contributed by atoms with Crippen molar-refractivity contribution in [3.05, 3.63) is 58.6 Å². The van der Waals surface area contributed by atoms with E-state index in [9.17, 15) is 4.79 Å². The van der Waals surface area contributed by atoms with Gasteiger partial charge in [-0.2, -0.15) is 5.10 Å². The third kappa shape index (κ3) is 6.73. The van der Waals surface area contributed by atoms with Crippen LogP contribution < -0.4 is 10.2 Å². The van der Waals surface area contributed by atoms with Crippen molar-refractivity contribution < 1.29 is 9.53 Å². The highest BCUT2D eigenvalue weighted by Crippen LogP contribution is 2.26. The number of hydrogen-bond acceptors (Lipinski definition) is 4. The zero-order valence-corrected chi connectivity index (χ0v) is 16.7. The number of hydrazone groups is 1. The van der Waals surface area contributed by atoms with Crippen molar-refractivity contribution in [2.75, 3.05) is 5.75 Å². The minimum absolute atomic E-state index is 0.135. The Kier molecular flexibility index (Phi) is 8.01. The van der Waals surface area contributed by atoms with Gasteiger partial charge in [-0.25, -0.2) is 5.43 Å². The summed E-state index contributed by atoms with van der Waals surface area (Å²) in [5.41, 5.74) is 4.35. The Morgan fingerprint density at radius 3 is 2.65 bits per heavy atom. The van der Waals surface area contributed by atoms with Crippen LogP contribution in [0.15, 0.2) is 52.5 Å². The quantitative estimate of drug-likeness (QED) is 0.395. The predicted molar refractivity (Wildman–Crippen MR) is 109 cm³/mol. The molecule has 0 aliphatic rings. The standard InChI is InChI=1S/C20H23ClN2O2S/c1-4-26-19-10-7-17(21)11-16(19)12-20(24)23-22-13-15-5-8-18(9-6-15)25-14(2)3/h5-11,13-14H,4,12H2,1-3H3,(H,23,24)/b22-13-. The highest BCUT2D eigenvalue weighted by atomic mass is 35.5. The molecule has 0 fully saturated rings. The van der Waals surface area contributed by atoms with Crippen molar-refractivity contribution in [3.63, 3.8) is 0 Å². The van der Waals surface area contributed by atoms with Gasteiger partial charge in [0.1, 0.15) is 5.75 Å². The van der Waals surface area contributed by atoms with Crippen molar-refractivity contribution in [2.24, 2.45) is 5.10 Å². The summed E-state index contributed by atoms with van der Waals surface area (Å²) in [4.78, 5) is 13.2. The number of halogens is 1. The molecule has 1 N–H and O–H groups in total. The van der Waals surface area contributed by atoms with Crippen LogP contribution in [0.4, 0.5) is 0 Å². The summed E-state index contributed by atoms with van der Waals surface area (Å²) in [5, 5.41) is 4.65. The Morgan fingerprint density at radius 2 is 2.00 bits per heavy atom. The average Bonchev–Trinajstić information content (AvgIpc) is 2.58. The van der Waals surface area contributed by atoms with Gasteiger partial charge in [0.25, 0.3) is 0 Å². The van der Waals surface area contributed by atoms with Gasteiger partial charge in [-0.1, -0.05) is 18.5 Å². The molecule has 4 nitrogen and oxygen atoms in total. The highest BCUT2D eigenvalue weighted by Gasteiger charge is 2.08. The van der Waals surface area contributed by atoms with Gasteiger partial charge in [-0.3, -0.25) is 4.79 Å². The summed E-state index contributed by atoms with van der Waals surface area (Å²) in [7, 11) is 0. The van der Waals surface area contributed by atoms with Gasteiger partial charge < -0.3 is 4.74 Å². The monoisotopic (exact) mass is 390 g/mol. The first-order chi connectivity index (χ1) is 12.5. The predicted octanol–water partition coefficient (Wildman–Crippen LogP) is 4.93. The highest BCUT2D eigenvalue weighted by molar-refractivity contribution is 7.99. The minimum Gasteiger partial charge on any atom is -0.491 e. The van der Waals surface area contributed by atoms with E-state index in [1.54, 1.807) is 18.0 Å². The number of amides is 1. The number of carbonyl (C=O) groups excluding carboxylic acids is 1. The maximum atomic E-state index is 12.1. The molecule has 6 heteroatoms. The van der Waals surface area contributed by atoms with Crippen molar-refractivity contribution >= 4 is 35.5 Å². The Labute approximate surface area is 164 Å². The van der Waals surface area contributed by atoms with E-state index in [4.69, 9.17) is 16.3 Å². The van der Waals surface area contributed by atoms with E-state index in [-0.39, 0.29) is 18.4 Å². The van der Waals surface area contributed by atoms with Crippen LogP contribution in [-0.4, -0.2) is 24.0 Å². The van der Waals surface area contributed by atoms with E-state index in [2.05, 4.69) is 17.5 Å². The first-order valence-electron chi connectivity index (χ1n) is 8.47. The Hall–Kier alpha value is -1.98. The number of rotatable bonds is 8. The molecule has 2 rings (SSSR count). The van der Waals surface area contributed by atoms with Crippen LogP contribution in [0, 0.1) is 0 Å².